The Balaban J connectivity index is 1.97. The van der Waals surface area contributed by atoms with Gasteiger partial charge in [-0.05, 0) is 26.4 Å². The highest BCUT2D eigenvalue weighted by Crippen LogP contribution is 2.25. The van der Waals surface area contributed by atoms with Crippen LogP contribution in [0.3, 0.4) is 0 Å². The van der Waals surface area contributed by atoms with Crippen molar-refractivity contribution in [3.63, 3.8) is 0 Å². The monoisotopic (exact) mass is 170 g/mol. The molecule has 2 saturated heterocycles. The molecule has 0 aromatic carbocycles. The van der Waals surface area contributed by atoms with Crippen molar-refractivity contribution in [1.82, 2.24) is 10.6 Å². The quantitative estimate of drug-likeness (QED) is 0.554. The van der Waals surface area contributed by atoms with Gasteiger partial charge in [0.15, 0.2) is 0 Å². The lowest BCUT2D eigenvalue weighted by Crippen LogP contribution is -2.58. The minimum atomic E-state index is 0.0168. The standard InChI is InChI=1S/C9H18N2O/c1-8-2-5-11-9(12-8)3-6-10-7-4-9/h8,10-11H,2-7H2,1H3. The van der Waals surface area contributed by atoms with Crippen LogP contribution >= 0.6 is 0 Å². The second-order valence-corrected chi connectivity index (χ2v) is 3.89. The molecule has 3 nitrogen and oxygen atoms in total. The van der Waals surface area contributed by atoms with Gasteiger partial charge in [-0.1, -0.05) is 0 Å². The fraction of sp³-hybridized carbons (Fsp3) is 1.00. The summed E-state index contributed by atoms with van der Waals surface area (Å²) in [5.41, 5.74) is 0.0168. The maximum atomic E-state index is 5.96. The molecule has 0 radical (unpaired) electrons. The van der Waals surface area contributed by atoms with Crippen LogP contribution in [0.25, 0.3) is 0 Å². The normalized spacial score (nSPS) is 35.2. The van der Waals surface area contributed by atoms with Gasteiger partial charge in [-0.2, -0.15) is 0 Å². The zero-order valence-electron chi connectivity index (χ0n) is 7.73. The second kappa shape index (κ2) is 3.32. The third-order valence-electron chi connectivity index (χ3n) is 2.84. The first-order valence-corrected chi connectivity index (χ1v) is 4.94. The Hall–Kier alpha value is -0.120. The van der Waals surface area contributed by atoms with Crippen LogP contribution in [0, 0.1) is 0 Å². The Labute approximate surface area is 73.9 Å². The van der Waals surface area contributed by atoms with Gasteiger partial charge in [0.05, 0.1) is 6.10 Å². The van der Waals surface area contributed by atoms with Crippen molar-refractivity contribution in [2.24, 2.45) is 0 Å². The highest BCUT2D eigenvalue weighted by molar-refractivity contribution is 4.87. The van der Waals surface area contributed by atoms with Crippen LogP contribution in [-0.4, -0.2) is 31.5 Å². The molecule has 0 aromatic heterocycles. The van der Waals surface area contributed by atoms with Crippen LogP contribution in [0.2, 0.25) is 0 Å². The summed E-state index contributed by atoms with van der Waals surface area (Å²) in [5.74, 6) is 0. The number of rotatable bonds is 0. The van der Waals surface area contributed by atoms with Crippen LogP contribution in [0.15, 0.2) is 0 Å². The predicted molar refractivity (Wildman–Crippen MR) is 48.0 cm³/mol. The second-order valence-electron chi connectivity index (χ2n) is 3.89. The molecule has 0 saturated carbocycles. The SMILES string of the molecule is CC1CCNC2(CCNCC2)O1. The van der Waals surface area contributed by atoms with E-state index in [1.807, 2.05) is 0 Å². The maximum Gasteiger partial charge on any atom is 0.122 e. The van der Waals surface area contributed by atoms with E-state index in [0.29, 0.717) is 6.10 Å². The highest BCUT2D eigenvalue weighted by Gasteiger charge is 2.36. The highest BCUT2D eigenvalue weighted by atomic mass is 16.5. The van der Waals surface area contributed by atoms with Gasteiger partial charge in [-0.25, -0.2) is 0 Å². The summed E-state index contributed by atoms with van der Waals surface area (Å²) in [6.45, 7) is 5.45. The Bertz CT molecular complexity index is 149. The molecule has 2 N–H and O–H groups in total. The molecule has 12 heavy (non-hydrogen) atoms. The third-order valence-corrected chi connectivity index (χ3v) is 2.84. The summed E-state index contributed by atoms with van der Waals surface area (Å²) in [6.07, 6.45) is 3.80. The Morgan fingerprint density at radius 2 is 2.00 bits per heavy atom. The first-order chi connectivity index (χ1) is 5.81. The molecule has 2 aliphatic heterocycles. The fourth-order valence-electron chi connectivity index (χ4n) is 2.11. The summed E-state index contributed by atoms with van der Waals surface area (Å²) < 4.78 is 5.96. The van der Waals surface area contributed by atoms with E-state index in [2.05, 4.69) is 17.6 Å². The van der Waals surface area contributed by atoms with Crippen molar-refractivity contribution < 1.29 is 4.74 Å². The van der Waals surface area contributed by atoms with Gasteiger partial charge in [-0.3, -0.25) is 5.32 Å². The lowest BCUT2D eigenvalue weighted by Gasteiger charge is -2.43. The lowest BCUT2D eigenvalue weighted by atomic mass is 9.99. The van der Waals surface area contributed by atoms with Crippen LogP contribution in [-0.2, 0) is 4.74 Å². The van der Waals surface area contributed by atoms with Gasteiger partial charge in [0, 0.05) is 19.4 Å². The topological polar surface area (TPSA) is 33.3 Å². The lowest BCUT2D eigenvalue weighted by molar-refractivity contribution is -0.149. The Morgan fingerprint density at radius 3 is 2.67 bits per heavy atom. The molecule has 2 rings (SSSR count). The first-order valence-electron chi connectivity index (χ1n) is 4.94. The van der Waals surface area contributed by atoms with E-state index in [-0.39, 0.29) is 5.72 Å². The van der Waals surface area contributed by atoms with E-state index in [1.54, 1.807) is 0 Å². The summed E-state index contributed by atoms with van der Waals surface area (Å²) in [5, 5.41) is 6.85. The molecule has 70 valence electrons. The molecule has 1 unspecified atom stereocenters. The Kier molecular flexibility index (Phi) is 2.35. The molecule has 0 amide bonds. The zero-order chi connectivity index (χ0) is 8.44. The van der Waals surface area contributed by atoms with Gasteiger partial charge >= 0.3 is 0 Å². The number of hydrogen-bond donors (Lipinski definition) is 2. The first kappa shape index (κ1) is 8.48. The summed E-state index contributed by atoms with van der Waals surface area (Å²) >= 11 is 0. The zero-order valence-corrected chi connectivity index (χ0v) is 7.73. The number of ether oxygens (including phenoxy) is 1. The van der Waals surface area contributed by atoms with E-state index >= 15 is 0 Å². The van der Waals surface area contributed by atoms with Crippen LogP contribution < -0.4 is 10.6 Å². The van der Waals surface area contributed by atoms with Crippen molar-refractivity contribution in [3.05, 3.63) is 0 Å². The predicted octanol–water partition coefficient (Wildman–Crippen LogP) is 0.465. The van der Waals surface area contributed by atoms with Crippen molar-refractivity contribution in [2.45, 2.75) is 38.0 Å². The van der Waals surface area contributed by atoms with Gasteiger partial charge in [0.2, 0.25) is 0 Å². The molecule has 1 spiro atoms. The molecule has 2 heterocycles. The summed E-state index contributed by atoms with van der Waals surface area (Å²) in [4.78, 5) is 0. The summed E-state index contributed by atoms with van der Waals surface area (Å²) in [7, 11) is 0. The smallest absolute Gasteiger partial charge is 0.122 e. The molecule has 2 fully saturated rings. The van der Waals surface area contributed by atoms with Gasteiger partial charge in [-0.15, -0.1) is 0 Å². The van der Waals surface area contributed by atoms with Gasteiger partial charge in [0.1, 0.15) is 5.72 Å². The average molecular weight is 170 g/mol. The van der Waals surface area contributed by atoms with Crippen molar-refractivity contribution in [2.75, 3.05) is 19.6 Å². The average Bonchev–Trinajstić information content (AvgIpc) is 2.05. The van der Waals surface area contributed by atoms with E-state index in [0.717, 1.165) is 38.9 Å². The van der Waals surface area contributed by atoms with E-state index < -0.39 is 0 Å². The van der Waals surface area contributed by atoms with Crippen molar-refractivity contribution in [3.8, 4) is 0 Å². The number of nitrogens with one attached hydrogen (secondary N) is 2. The van der Waals surface area contributed by atoms with Gasteiger partial charge in [0.25, 0.3) is 0 Å². The molecule has 0 bridgehead atoms. The minimum Gasteiger partial charge on any atom is -0.358 e. The van der Waals surface area contributed by atoms with Crippen LogP contribution in [0.1, 0.15) is 26.2 Å². The third kappa shape index (κ3) is 1.63. The number of hydrogen-bond acceptors (Lipinski definition) is 3. The molecular formula is C9H18N2O. The van der Waals surface area contributed by atoms with Gasteiger partial charge < -0.3 is 10.1 Å². The molecule has 0 aromatic rings. The van der Waals surface area contributed by atoms with Crippen LogP contribution in [0.5, 0.6) is 0 Å². The number of piperidine rings is 1. The molecule has 1 atom stereocenters. The molecule has 2 aliphatic rings. The summed E-state index contributed by atoms with van der Waals surface area (Å²) in [6, 6.07) is 0. The molecular weight excluding hydrogens is 152 g/mol. The van der Waals surface area contributed by atoms with Crippen molar-refractivity contribution in [1.29, 1.82) is 0 Å². The largest absolute Gasteiger partial charge is 0.358 e. The minimum absolute atomic E-state index is 0.0168. The van der Waals surface area contributed by atoms with E-state index in [1.165, 1.54) is 0 Å². The van der Waals surface area contributed by atoms with E-state index in [9.17, 15) is 0 Å². The van der Waals surface area contributed by atoms with E-state index in [4.69, 9.17) is 4.74 Å². The molecule has 3 heteroatoms. The molecule has 0 aliphatic carbocycles. The fourth-order valence-corrected chi connectivity index (χ4v) is 2.11. The van der Waals surface area contributed by atoms with Crippen molar-refractivity contribution >= 4 is 0 Å². The maximum absolute atomic E-state index is 5.96. The Morgan fingerprint density at radius 1 is 1.25 bits per heavy atom. The van der Waals surface area contributed by atoms with Crippen LogP contribution in [0.4, 0.5) is 0 Å².